The third kappa shape index (κ3) is 4.90. The lowest BCUT2D eigenvalue weighted by atomic mass is 10.0. The van der Waals surface area contributed by atoms with Gasteiger partial charge in [0, 0.05) is 23.1 Å². The number of hydrogen-bond donors (Lipinski definition) is 2. The van der Waals surface area contributed by atoms with Gasteiger partial charge >= 0.3 is 5.97 Å². The van der Waals surface area contributed by atoms with Crippen LogP contribution in [0, 0.1) is 6.92 Å². The van der Waals surface area contributed by atoms with Crippen LogP contribution >= 0.6 is 0 Å². The van der Waals surface area contributed by atoms with Crippen LogP contribution in [0.2, 0.25) is 0 Å². The number of anilines is 4. The van der Waals surface area contributed by atoms with Crippen LogP contribution < -0.4 is 10.6 Å². The molecule has 1 aromatic heterocycles. The summed E-state index contributed by atoms with van der Waals surface area (Å²) < 4.78 is 4.79. The minimum Gasteiger partial charge on any atom is -0.465 e. The lowest BCUT2D eigenvalue weighted by Gasteiger charge is -2.15. The van der Waals surface area contributed by atoms with Crippen LogP contribution in [-0.4, -0.2) is 23.0 Å². The van der Waals surface area contributed by atoms with E-state index in [9.17, 15) is 4.79 Å². The molecule has 0 atom stereocenters. The molecule has 6 heteroatoms. The number of carbonyl (C=O) groups excluding carboxylic acids is 1. The van der Waals surface area contributed by atoms with Crippen molar-refractivity contribution in [3.63, 3.8) is 0 Å². The Bertz CT molecular complexity index is 995. The van der Waals surface area contributed by atoms with Crippen LogP contribution in [0.3, 0.4) is 0 Å². The summed E-state index contributed by atoms with van der Waals surface area (Å²) in [6.07, 6.45) is 1.85. The summed E-state index contributed by atoms with van der Waals surface area (Å²) in [6, 6.07) is 15.3. The van der Waals surface area contributed by atoms with Gasteiger partial charge in [-0.2, -0.15) is 4.98 Å². The number of nitrogens with zero attached hydrogens (tertiary/aromatic N) is 2. The molecule has 0 fully saturated rings. The number of para-hydroxylation sites is 1. The predicted molar refractivity (Wildman–Crippen MR) is 116 cm³/mol. The van der Waals surface area contributed by atoms with Gasteiger partial charge in [0.15, 0.2) is 0 Å². The first-order valence-electron chi connectivity index (χ1n) is 9.72. The van der Waals surface area contributed by atoms with Gasteiger partial charge in [-0.3, -0.25) is 0 Å². The molecule has 0 radical (unpaired) electrons. The zero-order valence-electron chi connectivity index (χ0n) is 17.2. The zero-order chi connectivity index (χ0) is 20.8. The fourth-order valence-electron chi connectivity index (χ4n) is 3.19. The van der Waals surface area contributed by atoms with Gasteiger partial charge in [0.1, 0.15) is 5.82 Å². The van der Waals surface area contributed by atoms with Gasteiger partial charge in [0.25, 0.3) is 0 Å². The lowest BCUT2D eigenvalue weighted by Crippen LogP contribution is -2.06. The third-order valence-electron chi connectivity index (χ3n) is 4.65. The maximum atomic E-state index is 11.8. The number of rotatable bonds is 7. The first-order chi connectivity index (χ1) is 14.0. The van der Waals surface area contributed by atoms with Crippen molar-refractivity contribution in [2.45, 2.75) is 33.6 Å². The number of benzene rings is 2. The van der Waals surface area contributed by atoms with Crippen molar-refractivity contribution < 1.29 is 9.53 Å². The standard InChI is InChI=1S/C23H26N4O2/c1-5-16-9-7-10-17(6-2)21(16)27-23-24-15(3)13-20(26-23)25-19-12-8-11-18(14-19)22(28)29-4/h7-14H,5-6H2,1-4H3,(H2,24,25,26,27). The molecule has 1 heterocycles. The molecule has 29 heavy (non-hydrogen) atoms. The van der Waals surface area contributed by atoms with Gasteiger partial charge in [-0.25, -0.2) is 9.78 Å². The zero-order valence-corrected chi connectivity index (χ0v) is 17.2. The number of hydrogen-bond acceptors (Lipinski definition) is 6. The Hall–Kier alpha value is -3.41. The maximum Gasteiger partial charge on any atom is 0.337 e. The minimum atomic E-state index is -0.377. The second-order valence-electron chi connectivity index (χ2n) is 6.70. The summed E-state index contributed by atoms with van der Waals surface area (Å²) in [5.74, 6) is 0.805. The van der Waals surface area contributed by atoms with Gasteiger partial charge in [-0.15, -0.1) is 0 Å². The van der Waals surface area contributed by atoms with Crippen LogP contribution in [0.15, 0.2) is 48.5 Å². The summed E-state index contributed by atoms with van der Waals surface area (Å²) >= 11 is 0. The molecule has 2 aromatic carbocycles. The molecule has 0 saturated heterocycles. The molecule has 0 amide bonds. The Morgan fingerprint density at radius 2 is 1.66 bits per heavy atom. The van der Waals surface area contributed by atoms with Crippen molar-refractivity contribution in [1.29, 1.82) is 0 Å². The molecule has 150 valence electrons. The highest BCUT2D eigenvalue weighted by atomic mass is 16.5. The number of aryl methyl sites for hydroxylation is 3. The average Bonchev–Trinajstić information content (AvgIpc) is 2.73. The molecule has 0 aliphatic rings. The Labute approximate surface area is 171 Å². The minimum absolute atomic E-state index is 0.377. The quantitative estimate of drug-likeness (QED) is 0.541. The monoisotopic (exact) mass is 390 g/mol. The second kappa shape index (κ2) is 9.19. The van der Waals surface area contributed by atoms with E-state index in [1.807, 2.05) is 19.1 Å². The Morgan fingerprint density at radius 1 is 0.966 bits per heavy atom. The van der Waals surface area contributed by atoms with Gasteiger partial charge in [0.05, 0.1) is 12.7 Å². The van der Waals surface area contributed by atoms with E-state index >= 15 is 0 Å². The highest BCUT2D eigenvalue weighted by Gasteiger charge is 2.10. The summed E-state index contributed by atoms with van der Waals surface area (Å²) in [6.45, 7) is 6.20. The molecule has 6 nitrogen and oxygen atoms in total. The Balaban J connectivity index is 1.89. The maximum absolute atomic E-state index is 11.8. The summed E-state index contributed by atoms with van der Waals surface area (Å²) in [5, 5.41) is 6.66. The van der Waals surface area contributed by atoms with Crippen LogP contribution in [0.5, 0.6) is 0 Å². The van der Waals surface area contributed by atoms with E-state index in [0.717, 1.165) is 29.9 Å². The van der Waals surface area contributed by atoms with E-state index in [4.69, 9.17) is 4.74 Å². The highest BCUT2D eigenvalue weighted by Crippen LogP contribution is 2.26. The molecular formula is C23H26N4O2. The number of methoxy groups -OCH3 is 1. The number of aromatic nitrogens is 2. The molecule has 0 aliphatic carbocycles. The number of ether oxygens (including phenoxy) is 1. The van der Waals surface area contributed by atoms with Crippen molar-refractivity contribution in [1.82, 2.24) is 9.97 Å². The SMILES string of the molecule is CCc1cccc(CC)c1Nc1nc(C)cc(Nc2cccc(C(=O)OC)c2)n1. The molecular weight excluding hydrogens is 364 g/mol. The smallest absolute Gasteiger partial charge is 0.337 e. The van der Waals surface area contributed by atoms with Crippen molar-refractivity contribution in [2.75, 3.05) is 17.7 Å². The van der Waals surface area contributed by atoms with Crippen LogP contribution in [-0.2, 0) is 17.6 Å². The van der Waals surface area contributed by atoms with Crippen LogP contribution in [0.25, 0.3) is 0 Å². The van der Waals surface area contributed by atoms with Crippen molar-refractivity contribution in [3.05, 3.63) is 70.9 Å². The van der Waals surface area contributed by atoms with Gasteiger partial charge in [-0.1, -0.05) is 38.1 Å². The Morgan fingerprint density at radius 3 is 2.31 bits per heavy atom. The van der Waals surface area contributed by atoms with Crippen LogP contribution in [0.1, 0.15) is 41.0 Å². The van der Waals surface area contributed by atoms with Crippen molar-refractivity contribution >= 4 is 29.1 Å². The fraction of sp³-hybridized carbons (Fsp3) is 0.261. The van der Waals surface area contributed by atoms with Gasteiger partial charge in [-0.05, 0) is 49.1 Å². The number of carbonyl (C=O) groups is 1. The molecule has 0 bridgehead atoms. The third-order valence-corrected chi connectivity index (χ3v) is 4.65. The summed E-state index contributed by atoms with van der Waals surface area (Å²) in [7, 11) is 1.37. The largest absolute Gasteiger partial charge is 0.465 e. The van der Waals surface area contributed by atoms with Gasteiger partial charge < -0.3 is 15.4 Å². The Kier molecular flexibility index (Phi) is 6.44. The summed E-state index contributed by atoms with van der Waals surface area (Å²) in [4.78, 5) is 20.9. The first-order valence-corrected chi connectivity index (χ1v) is 9.72. The lowest BCUT2D eigenvalue weighted by molar-refractivity contribution is 0.0601. The molecule has 0 unspecified atom stereocenters. The van der Waals surface area contributed by atoms with Gasteiger partial charge in [0.2, 0.25) is 5.95 Å². The van der Waals surface area contributed by atoms with E-state index in [-0.39, 0.29) is 5.97 Å². The van der Waals surface area contributed by atoms with E-state index in [1.54, 1.807) is 18.2 Å². The van der Waals surface area contributed by atoms with E-state index in [0.29, 0.717) is 17.3 Å². The normalized spacial score (nSPS) is 10.5. The molecule has 2 N–H and O–H groups in total. The van der Waals surface area contributed by atoms with Crippen LogP contribution in [0.4, 0.5) is 23.1 Å². The second-order valence-corrected chi connectivity index (χ2v) is 6.70. The summed E-state index contributed by atoms with van der Waals surface area (Å²) in [5.41, 5.74) is 5.60. The van der Waals surface area contributed by atoms with Crippen molar-refractivity contribution in [2.24, 2.45) is 0 Å². The fourth-order valence-corrected chi connectivity index (χ4v) is 3.19. The van der Waals surface area contributed by atoms with E-state index in [2.05, 4.69) is 52.6 Å². The number of nitrogens with one attached hydrogen (secondary N) is 2. The van der Waals surface area contributed by atoms with E-state index < -0.39 is 0 Å². The number of esters is 1. The molecule has 0 saturated carbocycles. The molecule has 3 rings (SSSR count). The predicted octanol–water partition coefficient (Wildman–Crippen LogP) is 5.18. The topological polar surface area (TPSA) is 76.1 Å². The van der Waals surface area contributed by atoms with E-state index in [1.165, 1.54) is 18.2 Å². The van der Waals surface area contributed by atoms with Crippen molar-refractivity contribution in [3.8, 4) is 0 Å². The highest BCUT2D eigenvalue weighted by molar-refractivity contribution is 5.90. The molecule has 0 spiro atoms. The first kappa shape index (κ1) is 20.3. The molecule has 0 aliphatic heterocycles. The molecule has 3 aromatic rings. The average molecular weight is 390 g/mol.